The van der Waals surface area contributed by atoms with E-state index in [1.807, 2.05) is 12.1 Å². The molecule has 0 saturated carbocycles. The first-order chi connectivity index (χ1) is 10.6. The van der Waals surface area contributed by atoms with Gasteiger partial charge in [0.05, 0.1) is 18.1 Å². The van der Waals surface area contributed by atoms with Gasteiger partial charge in [-0.1, -0.05) is 6.07 Å². The van der Waals surface area contributed by atoms with Crippen LogP contribution in [0.2, 0.25) is 0 Å². The highest BCUT2D eigenvalue weighted by atomic mass is 16.5. The fourth-order valence-electron chi connectivity index (χ4n) is 3.40. The van der Waals surface area contributed by atoms with E-state index in [4.69, 9.17) is 4.74 Å². The van der Waals surface area contributed by atoms with Crippen LogP contribution in [0.1, 0.15) is 27.0 Å². The first-order valence-corrected chi connectivity index (χ1v) is 6.96. The summed E-state index contributed by atoms with van der Waals surface area (Å²) in [4.78, 5) is 32.4. The van der Waals surface area contributed by atoms with Gasteiger partial charge in [0.2, 0.25) is 5.91 Å². The number of nitrogens with zero attached hydrogens (tertiary/aromatic N) is 2. The van der Waals surface area contributed by atoms with E-state index in [2.05, 4.69) is 15.3 Å². The van der Waals surface area contributed by atoms with Crippen molar-refractivity contribution in [2.75, 3.05) is 12.4 Å². The van der Waals surface area contributed by atoms with Gasteiger partial charge in [-0.2, -0.15) is 0 Å². The van der Waals surface area contributed by atoms with E-state index in [1.165, 1.54) is 13.4 Å². The molecule has 1 unspecified atom stereocenters. The molecule has 1 aliphatic carbocycles. The number of methoxy groups -OCH3 is 1. The molecule has 1 aromatic carbocycles. The fourth-order valence-corrected chi connectivity index (χ4v) is 3.40. The number of hydrogen-bond acceptors (Lipinski definition) is 5. The Morgan fingerprint density at radius 1 is 1.32 bits per heavy atom. The van der Waals surface area contributed by atoms with Crippen LogP contribution in [-0.2, 0) is 27.8 Å². The van der Waals surface area contributed by atoms with Gasteiger partial charge in [0.1, 0.15) is 12.1 Å². The topological polar surface area (TPSA) is 81.2 Å². The number of amides is 1. The van der Waals surface area contributed by atoms with Gasteiger partial charge in [-0.25, -0.2) is 14.8 Å². The van der Waals surface area contributed by atoms with Crippen molar-refractivity contribution in [3.05, 3.63) is 53.0 Å². The number of aromatic nitrogens is 2. The Bertz CT molecular complexity index is 818. The van der Waals surface area contributed by atoms with Crippen molar-refractivity contribution in [2.24, 2.45) is 0 Å². The lowest BCUT2D eigenvalue weighted by atomic mass is 9.80. The Kier molecular flexibility index (Phi) is 2.57. The molecule has 6 heteroatoms. The number of anilines is 1. The van der Waals surface area contributed by atoms with Gasteiger partial charge in [0, 0.05) is 11.8 Å². The molecule has 1 aliphatic heterocycles. The van der Waals surface area contributed by atoms with Crippen LogP contribution in [0, 0.1) is 0 Å². The standard InChI is InChI=1S/C16H13N3O3/c1-22-14(20)9-2-3-10-5-16(6-11(10)4-9)12-7-17-8-18-13(12)19-15(16)21/h2-4,7-8H,5-6H2,1H3,(H,17,18,19,21). The Hall–Kier alpha value is -2.76. The molecule has 1 atom stereocenters. The normalized spacial score (nSPS) is 21.4. The summed E-state index contributed by atoms with van der Waals surface area (Å²) in [5, 5.41) is 2.83. The molecule has 2 aromatic rings. The molecule has 2 heterocycles. The van der Waals surface area contributed by atoms with Crippen molar-refractivity contribution in [1.82, 2.24) is 9.97 Å². The van der Waals surface area contributed by atoms with Gasteiger partial charge < -0.3 is 10.1 Å². The largest absolute Gasteiger partial charge is 0.465 e. The first-order valence-electron chi connectivity index (χ1n) is 6.96. The van der Waals surface area contributed by atoms with Crippen molar-refractivity contribution >= 4 is 17.7 Å². The zero-order valence-corrected chi connectivity index (χ0v) is 11.9. The third kappa shape index (κ3) is 1.60. The van der Waals surface area contributed by atoms with Crippen LogP contribution in [0.15, 0.2) is 30.7 Å². The summed E-state index contributed by atoms with van der Waals surface area (Å²) >= 11 is 0. The van der Waals surface area contributed by atoms with Crippen LogP contribution in [0.3, 0.4) is 0 Å². The summed E-state index contributed by atoms with van der Waals surface area (Å²) in [5.41, 5.74) is 2.74. The highest BCUT2D eigenvalue weighted by Gasteiger charge is 2.51. The van der Waals surface area contributed by atoms with Crippen LogP contribution in [0.25, 0.3) is 0 Å². The summed E-state index contributed by atoms with van der Waals surface area (Å²) in [6, 6.07) is 5.44. The molecule has 1 spiro atoms. The molecule has 0 radical (unpaired) electrons. The van der Waals surface area contributed by atoms with Crippen LogP contribution in [-0.4, -0.2) is 29.0 Å². The number of fused-ring (bicyclic) bond motifs is 3. The van der Waals surface area contributed by atoms with Crippen LogP contribution < -0.4 is 5.32 Å². The quantitative estimate of drug-likeness (QED) is 0.801. The van der Waals surface area contributed by atoms with E-state index >= 15 is 0 Å². The van der Waals surface area contributed by atoms with Gasteiger partial charge in [-0.3, -0.25) is 4.79 Å². The molecule has 1 amide bonds. The third-order valence-corrected chi connectivity index (χ3v) is 4.51. The van der Waals surface area contributed by atoms with Crippen molar-refractivity contribution in [3.63, 3.8) is 0 Å². The number of ether oxygens (including phenoxy) is 1. The molecule has 1 N–H and O–H groups in total. The minimum absolute atomic E-state index is 0.0566. The van der Waals surface area contributed by atoms with E-state index in [9.17, 15) is 9.59 Å². The van der Waals surface area contributed by atoms with Gasteiger partial charge >= 0.3 is 5.97 Å². The third-order valence-electron chi connectivity index (χ3n) is 4.51. The highest BCUT2D eigenvalue weighted by Crippen LogP contribution is 2.46. The molecule has 110 valence electrons. The molecule has 6 nitrogen and oxygen atoms in total. The number of hydrogen-bond donors (Lipinski definition) is 1. The van der Waals surface area contributed by atoms with E-state index in [1.54, 1.807) is 12.3 Å². The average molecular weight is 295 g/mol. The van der Waals surface area contributed by atoms with E-state index in [-0.39, 0.29) is 11.9 Å². The lowest BCUT2D eigenvalue weighted by Gasteiger charge is -2.19. The van der Waals surface area contributed by atoms with Crippen LogP contribution in [0.4, 0.5) is 5.82 Å². The first kappa shape index (κ1) is 12.9. The summed E-state index contributed by atoms with van der Waals surface area (Å²) in [7, 11) is 1.36. The second kappa shape index (κ2) is 4.37. The summed E-state index contributed by atoms with van der Waals surface area (Å²) in [6.07, 6.45) is 4.26. The predicted octanol–water partition coefficient (Wildman–Crippen LogP) is 1.25. The lowest BCUT2D eigenvalue weighted by molar-refractivity contribution is -0.120. The van der Waals surface area contributed by atoms with Gasteiger partial charge in [-0.05, 0) is 36.1 Å². The maximum atomic E-state index is 12.5. The molecule has 1 aromatic heterocycles. The monoisotopic (exact) mass is 295 g/mol. The molecule has 2 aliphatic rings. The lowest BCUT2D eigenvalue weighted by Crippen LogP contribution is -2.35. The molecular formula is C16H13N3O3. The number of benzene rings is 1. The minimum atomic E-state index is -0.659. The van der Waals surface area contributed by atoms with E-state index < -0.39 is 5.41 Å². The Morgan fingerprint density at radius 2 is 2.14 bits per heavy atom. The van der Waals surface area contributed by atoms with Gasteiger partial charge in [0.15, 0.2) is 0 Å². The van der Waals surface area contributed by atoms with Crippen molar-refractivity contribution in [3.8, 4) is 0 Å². The molecule has 0 fully saturated rings. The van der Waals surface area contributed by atoms with Gasteiger partial charge in [-0.15, -0.1) is 0 Å². The Balaban J connectivity index is 1.79. The van der Waals surface area contributed by atoms with E-state index in [0.29, 0.717) is 24.2 Å². The predicted molar refractivity (Wildman–Crippen MR) is 77.5 cm³/mol. The molecular weight excluding hydrogens is 282 g/mol. The zero-order valence-electron chi connectivity index (χ0n) is 11.9. The summed E-state index contributed by atoms with van der Waals surface area (Å²) in [5.74, 6) is 0.156. The fraction of sp³-hybridized carbons (Fsp3) is 0.250. The number of carbonyl (C=O) groups excluding carboxylic acids is 2. The summed E-state index contributed by atoms with van der Waals surface area (Å²) < 4.78 is 4.75. The molecule has 4 rings (SSSR count). The Morgan fingerprint density at radius 3 is 2.95 bits per heavy atom. The van der Waals surface area contributed by atoms with E-state index in [0.717, 1.165) is 16.7 Å². The van der Waals surface area contributed by atoms with Crippen LogP contribution >= 0.6 is 0 Å². The van der Waals surface area contributed by atoms with Crippen LogP contribution in [0.5, 0.6) is 0 Å². The van der Waals surface area contributed by atoms with Crippen molar-refractivity contribution in [2.45, 2.75) is 18.3 Å². The smallest absolute Gasteiger partial charge is 0.337 e. The zero-order chi connectivity index (χ0) is 15.3. The van der Waals surface area contributed by atoms with Crippen molar-refractivity contribution < 1.29 is 14.3 Å². The Labute approximate surface area is 126 Å². The van der Waals surface area contributed by atoms with Gasteiger partial charge in [0.25, 0.3) is 0 Å². The van der Waals surface area contributed by atoms with Crippen molar-refractivity contribution in [1.29, 1.82) is 0 Å². The SMILES string of the molecule is COC(=O)c1ccc2c(c1)CC1(C2)C(=O)Nc2ncncc21. The molecule has 22 heavy (non-hydrogen) atoms. The average Bonchev–Trinajstić information content (AvgIpc) is 3.05. The second-order valence-corrected chi connectivity index (χ2v) is 5.65. The minimum Gasteiger partial charge on any atom is -0.465 e. The number of nitrogens with one attached hydrogen (secondary N) is 1. The number of rotatable bonds is 1. The summed E-state index contributed by atoms with van der Waals surface area (Å²) in [6.45, 7) is 0. The maximum absolute atomic E-state index is 12.5. The number of esters is 1. The highest BCUT2D eigenvalue weighted by molar-refractivity contribution is 6.06. The maximum Gasteiger partial charge on any atom is 0.337 e. The number of carbonyl (C=O) groups is 2. The molecule has 0 saturated heterocycles. The second-order valence-electron chi connectivity index (χ2n) is 5.65. The molecule has 0 bridgehead atoms.